The predicted molar refractivity (Wildman–Crippen MR) is 67.2 cm³/mol. The molecule has 2 heterocycles. The number of carbonyl (C=O) groups excluding carboxylic acids is 1. The monoisotopic (exact) mass is 304 g/mol. The first kappa shape index (κ1) is 15.0. The van der Waals surface area contributed by atoms with Crippen LogP contribution in [-0.2, 0) is 4.74 Å². The number of amides is 2. The first-order valence-electron chi connectivity index (χ1n) is 5.60. The lowest BCUT2D eigenvalue weighted by Gasteiger charge is -2.38. The molecule has 2 aliphatic heterocycles. The minimum atomic E-state index is -1.68. The molecule has 5 atom stereocenters. The van der Waals surface area contributed by atoms with Crippen molar-refractivity contribution in [1.82, 2.24) is 10.2 Å². The highest BCUT2D eigenvalue weighted by Gasteiger charge is 2.56. The molecule has 9 nitrogen and oxygen atoms in total. The van der Waals surface area contributed by atoms with Crippen molar-refractivity contribution in [3.8, 4) is 11.3 Å². The molecule has 0 aromatic rings. The minimum absolute atomic E-state index is 0.506. The van der Waals surface area contributed by atoms with Gasteiger partial charge in [-0.05, 0) is 11.6 Å². The number of carbonyl (C=O) groups is 1. The second-order valence-corrected chi connectivity index (χ2v) is 4.51. The van der Waals surface area contributed by atoms with E-state index >= 15 is 0 Å². The van der Waals surface area contributed by atoms with Crippen molar-refractivity contribution in [2.24, 2.45) is 10.7 Å². The van der Waals surface area contributed by atoms with Gasteiger partial charge in [0, 0.05) is 5.38 Å². The summed E-state index contributed by atoms with van der Waals surface area (Å²) in [6.07, 6.45) is -3.98. The van der Waals surface area contributed by atoms with Gasteiger partial charge in [0.25, 0.3) is 0 Å². The number of nitrogens with two attached hydrogens (primary N) is 1. The Kier molecular flexibility index (Phi) is 4.14. The highest BCUT2D eigenvalue weighted by Crippen LogP contribution is 2.31. The molecule has 1 saturated heterocycles. The van der Waals surface area contributed by atoms with Crippen LogP contribution in [-0.4, -0.2) is 69.5 Å². The number of ether oxygens (including phenoxy) is 1. The Bertz CT molecular complexity index is 492. The Morgan fingerprint density at radius 2 is 2.35 bits per heavy atom. The van der Waals surface area contributed by atoms with Gasteiger partial charge in [0.05, 0.1) is 6.61 Å². The van der Waals surface area contributed by atoms with Crippen molar-refractivity contribution in [3.63, 3.8) is 0 Å². The third kappa shape index (κ3) is 2.33. The third-order valence-corrected chi connectivity index (χ3v) is 3.21. The summed E-state index contributed by atoms with van der Waals surface area (Å²) >= 11 is 5.34. The number of aliphatic hydroxyl groups excluding tert-OH is 3. The van der Waals surface area contributed by atoms with Crippen LogP contribution in [0.4, 0.5) is 4.79 Å². The van der Waals surface area contributed by atoms with E-state index in [-0.39, 0.29) is 0 Å². The summed E-state index contributed by atoms with van der Waals surface area (Å²) in [5.74, 6) is 2.39. The first-order valence-corrected chi connectivity index (χ1v) is 5.98. The fraction of sp³-hybridized carbons (Fsp3) is 0.600. The van der Waals surface area contributed by atoms with E-state index in [2.05, 4.69) is 21.6 Å². The Hall–Kier alpha value is -1.41. The van der Waals surface area contributed by atoms with Gasteiger partial charge in [-0.3, -0.25) is 10.2 Å². The molecule has 1 fully saturated rings. The van der Waals surface area contributed by atoms with Gasteiger partial charge in [-0.25, -0.2) is 4.79 Å². The van der Waals surface area contributed by atoms with Crippen LogP contribution in [0.25, 0.3) is 0 Å². The highest BCUT2D eigenvalue weighted by atomic mass is 35.5. The molecule has 110 valence electrons. The molecule has 0 aromatic heterocycles. The standard InChI is InChI=1S/C10H13ClN4O5/c11-2-1-10(12)6(17)5(3-16)20-7(10)15-4-13-8(18)14-9(15)19/h4-7,9,16-17,19H,3,12H2,(H,14,18)/t5-,6+,7-,9?,10?/m1/s1. The zero-order valence-electron chi connectivity index (χ0n) is 10.1. The minimum Gasteiger partial charge on any atom is -0.394 e. The molecule has 2 aliphatic rings. The number of hydrogen-bond donors (Lipinski definition) is 5. The predicted octanol–water partition coefficient (Wildman–Crippen LogP) is -2.71. The van der Waals surface area contributed by atoms with E-state index in [0.717, 1.165) is 11.2 Å². The quantitative estimate of drug-likeness (QED) is 0.349. The van der Waals surface area contributed by atoms with Crippen molar-refractivity contribution in [1.29, 1.82) is 0 Å². The summed E-state index contributed by atoms with van der Waals surface area (Å²) in [4.78, 5) is 15.5. The van der Waals surface area contributed by atoms with E-state index < -0.39 is 43.0 Å². The first-order chi connectivity index (χ1) is 9.43. The lowest BCUT2D eigenvalue weighted by Crippen LogP contribution is -2.65. The maximum Gasteiger partial charge on any atom is 0.345 e. The fourth-order valence-electron chi connectivity index (χ4n) is 2.08. The molecule has 6 N–H and O–H groups in total. The van der Waals surface area contributed by atoms with Crippen molar-refractivity contribution < 1.29 is 24.9 Å². The zero-order valence-corrected chi connectivity index (χ0v) is 10.9. The van der Waals surface area contributed by atoms with E-state index in [1.165, 1.54) is 0 Å². The number of aliphatic imine (C=N–C) groups is 1. The topological polar surface area (TPSA) is 141 Å². The van der Waals surface area contributed by atoms with Crippen molar-refractivity contribution in [2.45, 2.75) is 30.3 Å². The Morgan fingerprint density at radius 3 is 2.90 bits per heavy atom. The lowest BCUT2D eigenvalue weighted by molar-refractivity contribution is -0.112. The maximum absolute atomic E-state index is 11.0. The number of hydrogen-bond acceptors (Lipinski definition) is 7. The SMILES string of the molecule is NC1(C#CCl)[C@@H](O)[C@@H](CO)O[C@H]1N1C=NC(=O)NC1O. The number of aliphatic hydroxyl groups is 3. The summed E-state index contributed by atoms with van der Waals surface area (Å²) in [7, 11) is 0. The summed E-state index contributed by atoms with van der Waals surface area (Å²) in [5, 5.41) is 33.2. The number of nitrogens with zero attached hydrogens (tertiary/aromatic N) is 2. The van der Waals surface area contributed by atoms with Crippen LogP contribution in [0.3, 0.4) is 0 Å². The molecule has 0 aromatic carbocycles. The number of halogens is 1. The number of nitrogens with one attached hydrogen (secondary N) is 1. The zero-order chi connectivity index (χ0) is 14.9. The molecule has 20 heavy (non-hydrogen) atoms. The smallest absolute Gasteiger partial charge is 0.345 e. The van der Waals surface area contributed by atoms with Crippen molar-refractivity contribution >= 4 is 24.0 Å². The van der Waals surface area contributed by atoms with Gasteiger partial charge < -0.3 is 25.8 Å². The summed E-state index contributed by atoms with van der Waals surface area (Å²) in [6, 6.07) is -0.739. The molecule has 2 unspecified atom stereocenters. The van der Waals surface area contributed by atoms with Crippen LogP contribution in [0.2, 0.25) is 0 Å². The Labute approximate surface area is 119 Å². The molecular formula is C10H13ClN4O5. The number of rotatable bonds is 2. The molecule has 0 bridgehead atoms. The molecule has 0 radical (unpaired) electrons. The van der Waals surface area contributed by atoms with E-state index in [0.29, 0.717) is 0 Å². The lowest BCUT2D eigenvalue weighted by atomic mass is 9.91. The molecule has 0 spiro atoms. The average Bonchev–Trinajstić information content (AvgIpc) is 2.63. The summed E-state index contributed by atoms with van der Waals surface area (Å²) in [6.45, 7) is -0.506. The summed E-state index contributed by atoms with van der Waals surface area (Å²) in [5.41, 5.74) is 4.30. The van der Waals surface area contributed by atoms with E-state index in [1.807, 2.05) is 0 Å². The van der Waals surface area contributed by atoms with Gasteiger partial charge >= 0.3 is 6.03 Å². The number of urea groups is 1. The Balaban J connectivity index is 2.35. The van der Waals surface area contributed by atoms with Gasteiger partial charge in [-0.2, -0.15) is 4.99 Å². The van der Waals surface area contributed by atoms with Gasteiger partial charge in [0.15, 0.2) is 11.8 Å². The largest absolute Gasteiger partial charge is 0.394 e. The van der Waals surface area contributed by atoms with Crippen LogP contribution in [0, 0.1) is 11.3 Å². The van der Waals surface area contributed by atoms with Crippen LogP contribution < -0.4 is 11.1 Å². The maximum atomic E-state index is 11.0. The molecular weight excluding hydrogens is 292 g/mol. The van der Waals surface area contributed by atoms with Crippen LogP contribution >= 0.6 is 11.6 Å². The van der Waals surface area contributed by atoms with E-state index in [4.69, 9.17) is 27.2 Å². The average molecular weight is 305 g/mol. The summed E-state index contributed by atoms with van der Waals surface area (Å²) < 4.78 is 5.37. The van der Waals surface area contributed by atoms with Crippen molar-refractivity contribution in [3.05, 3.63) is 0 Å². The fourth-order valence-corrected chi connectivity index (χ4v) is 2.24. The van der Waals surface area contributed by atoms with Crippen LogP contribution in [0.1, 0.15) is 0 Å². The van der Waals surface area contributed by atoms with Gasteiger partial charge in [0.1, 0.15) is 18.5 Å². The normalized spacial score (nSPS) is 40.2. The third-order valence-electron chi connectivity index (χ3n) is 3.11. The van der Waals surface area contributed by atoms with E-state index in [1.54, 1.807) is 0 Å². The second-order valence-electron chi connectivity index (χ2n) is 4.32. The Morgan fingerprint density at radius 1 is 1.65 bits per heavy atom. The second kappa shape index (κ2) is 5.53. The molecule has 2 amide bonds. The molecule has 2 rings (SSSR count). The van der Waals surface area contributed by atoms with Gasteiger partial charge in [-0.15, -0.1) is 0 Å². The molecule has 0 saturated carbocycles. The van der Waals surface area contributed by atoms with Crippen LogP contribution in [0.15, 0.2) is 4.99 Å². The van der Waals surface area contributed by atoms with Gasteiger partial charge in [-0.1, -0.05) is 5.92 Å². The van der Waals surface area contributed by atoms with Crippen LogP contribution in [0.5, 0.6) is 0 Å². The molecule has 10 heteroatoms. The highest BCUT2D eigenvalue weighted by molar-refractivity contribution is 6.30. The molecule has 0 aliphatic carbocycles. The van der Waals surface area contributed by atoms with Gasteiger partial charge in [0.2, 0.25) is 6.35 Å². The van der Waals surface area contributed by atoms with E-state index in [9.17, 15) is 15.0 Å². The van der Waals surface area contributed by atoms with Crippen molar-refractivity contribution in [2.75, 3.05) is 6.61 Å².